The van der Waals surface area contributed by atoms with Crippen LogP contribution in [0.25, 0.3) is 5.52 Å². The van der Waals surface area contributed by atoms with E-state index in [9.17, 15) is 0 Å². The molecule has 0 saturated heterocycles. The first-order valence-electron chi connectivity index (χ1n) is 3.30. The van der Waals surface area contributed by atoms with Crippen LogP contribution in [0.5, 0.6) is 0 Å². The Labute approximate surface area is 64.5 Å². The van der Waals surface area contributed by atoms with Crippen LogP contribution < -0.4 is 0 Å². The second-order valence-corrected chi connectivity index (χ2v) is 2.23. The number of fused-ring (bicyclic) bond motifs is 1. The van der Waals surface area contributed by atoms with Crippen molar-refractivity contribution in [2.24, 2.45) is 0 Å². The summed E-state index contributed by atoms with van der Waals surface area (Å²) in [5, 5.41) is 0. The Morgan fingerprint density at radius 3 is 3.18 bits per heavy atom. The molecule has 0 aliphatic heterocycles. The van der Waals surface area contributed by atoms with Crippen LogP contribution in [0.1, 0.15) is 5.69 Å². The van der Waals surface area contributed by atoms with Gasteiger partial charge in [0.25, 0.3) is 0 Å². The molecule has 0 N–H and O–H groups in total. The van der Waals surface area contributed by atoms with Crippen LogP contribution >= 0.6 is 0 Å². The van der Waals surface area contributed by atoms with Gasteiger partial charge in [-0.2, -0.15) is 0 Å². The number of hydrogen-bond donors (Lipinski definition) is 0. The molecule has 2 heterocycles. The molecule has 0 atom stereocenters. The van der Waals surface area contributed by atoms with Gasteiger partial charge in [-0.3, -0.25) is 0 Å². The second-order valence-electron chi connectivity index (χ2n) is 2.23. The Morgan fingerprint density at radius 2 is 2.36 bits per heavy atom. The van der Waals surface area contributed by atoms with E-state index >= 15 is 0 Å². The molecule has 0 aliphatic carbocycles. The molecular weight excluding hydrogens is 136 g/mol. The van der Waals surface area contributed by atoms with Crippen molar-refractivity contribution in [2.75, 3.05) is 0 Å². The number of imidazole rings is 1. The summed E-state index contributed by atoms with van der Waals surface area (Å²) in [5.74, 6) is 2.52. The molecule has 2 heteroatoms. The minimum absolute atomic E-state index is 0.700. The minimum atomic E-state index is 0.700. The van der Waals surface area contributed by atoms with Gasteiger partial charge in [-0.15, -0.1) is 6.42 Å². The SMILES string of the molecule is C#Cc1ncn2ccccc12. The van der Waals surface area contributed by atoms with E-state index in [-0.39, 0.29) is 0 Å². The van der Waals surface area contributed by atoms with Crippen molar-refractivity contribution in [3.63, 3.8) is 0 Å². The topological polar surface area (TPSA) is 17.3 Å². The normalized spacial score (nSPS) is 9.73. The van der Waals surface area contributed by atoms with Gasteiger partial charge in [0, 0.05) is 6.20 Å². The third-order valence-electron chi connectivity index (χ3n) is 1.58. The number of terminal acetylenes is 1. The number of hydrogen-bond acceptors (Lipinski definition) is 1. The summed E-state index contributed by atoms with van der Waals surface area (Å²) in [4.78, 5) is 4.04. The summed E-state index contributed by atoms with van der Waals surface area (Å²) >= 11 is 0. The van der Waals surface area contributed by atoms with Gasteiger partial charge in [0.15, 0.2) is 0 Å². The van der Waals surface area contributed by atoms with E-state index in [4.69, 9.17) is 6.42 Å². The van der Waals surface area contributed by atoms with Gasteiger partial charge in [0.2, 0.25) is 0 Å². The first-order valence-corrected chi connectivity index (χ1v) is 3.30. The van der Waals surface area contributed by atoms with Gasteiger partial charge in [0.05, 0.1) is 5.52 Å². The Balaban J connectivity index is 2.89. The number of pyridine rings is 1. The highest BCUT2D eigenvalue weighted by molar-refractivity contribution is 5.58. The molecule has 2 aromatic heterocycles. The van der Waals surface area contributed by atoms with Crippen LogP contribution in [0.15, 0.2) is 30.7 Å². The highest BCUT2D eigenvalue weighted by Gasteiger charge is 1.97. The quantitative estimate of drug-likeness (QED) is 0.507. The van der Waals surface area contributed by atoms with Gasteiger partial charge in [-0.1, -0.05) is 6.07 Å². The maximum Gasteiger partial charge on any atom is 0.138 e. The van der Waals surface area contributed by atoms with Crippen molar-refractivity contribution in [3.8, 4) is 12.3 Å². The molecule has 0 bridgehead atoms. The van der Waals surface area contributed by atoms with E-state index in [2.05, 4.69) is 10.9 Å². The number of rotatable bonds is 0. The molecule has 0 aliphatic rings. The van der Waals surface area contributed by atoms with Gasteiger partial charge in [-0.25, -0.2) is 4.98 Å². The molecule has 2 nitrogen and oxygen atoms in total. The molecule has 0 amide bonds. The van der Waals surface area contributed by atoms with Gasteiger partial charge in [-0.05, 0) is 18.1 Å². The minimum Gasteiger partial charge on any atom is -0.305 e. The van der Waals surface area contributed by atoms with E-state index in [1.807, 2.05) is 28.8 Å². The Morgan fingerprint density at radius 1 is 1.45 bits per heavy atom. The van der Waals surface area contributed by atoms with Crippen LogP contribution in [0, 0.1) is 12.3 Å². The fraction of sp³-hybridized carbons (Fsp3) is 0. The third kappa shape index (κ3) is 0.786. The average molecular weight is 142 g/mol. The first kappa shape index (κ1) is 5.99. The molecule has 0 fully saturated rings. The Kier molecular flexibility index (Phi) is 1.16. The molecular formula is C9H6N2. The predicted octanol–water partition coefficient (Wildman–Crippen LogP) is 1.32. The van der Waals surface area contributed by atoms with E-state index in [0.29, 0.717) is 5.69 Å². The fourth-order valence-corrected chi connectivity index (χ4v) is 1.05. The van der Waals surface area contributed by atoms with E-state index in [1.165, 1.54) is 0 Å². The number of aromatic nitrogens is 2. The van der Waals surface area contributed by atoms with Crippen LogP contribution in [0.3, 0.4) is 0 Å². The van der Waals surface area contributed by atoms with E-state index < -0.39 is 0 Å². The molecule has 0 spiro atoms. The van der Waals surface area contributed by atoms with Gasteiger partial charge >= 0.3 is 0 Å². The van der Waals surface area contributed by atoms with Gasteiger partial charge in [0.1, 0.15) is 12.0 Å². The predicted molar refractivity (Wildman–Crippen MR) is 43.1 cm³/mol. The lowest BCUT2D eigenvalue weighted by atomic mass is 10.3. The van der Waals surface area contributed by atoms with E-state index in [1.54, 1.807) is 6.33 Å². The molecule has 0 saturated carbocycles. The summed E-state index contributed by atoms with van der Waals surface area (Å²) < 4.78 is 1.90. The van der Waals surface area contributed by atoms with Crippen LogP contribution in [0.2, 0.25) is 0 Å². The van der Waals surface area contributed by atoms with Crippen molar-refractivity contribution >= 4 is 5.52 Å². The summed E-state index contributed by atoms with van der Waals surface area (Å²) in [7, 11) is 0. The lowest BCUT2D eigenvalue weighted by Crippen LogP contribution is -1.78. The zero-order chi connectivity index (χ0) is 7.68. The van der Waals surface area contributed by atoms with Crippen molar-refractivity contribution in [2.45, 2.75) is 0 Å². The smallest absolute Gasteiger partial charge is 0.138 e. The van der Waals surface area contributed by atoms with Crippen molar-refractivity contribution in [1.29, 1.82) is 0 Å². The molecule has 0 unspecified atom stereocenters. The largest absolute Gasteiger partial charge is 0.305 e. The number of nitrogens with zero attached hydrogens (tertiary/aromatic N) is 2. The first-order chi connectivity index (χ1) is 5.42. The highest BCUT2D eigenvalue weighted by Crippen LogP contribution is 2.06. The molecule has 52 valence electrons. The second kappa shape index (κ2) is 2.14. The average Bonchev–Trinajstić information content (AvgIpc) is 2.47. The summed E-state index contributed by atoms with van der Waals surface area (Å²) in [6, 6.07) is 5.83. The van der Waals surface area contributed by atoms with Crippen LogP contribution in [-0.4, -0.2) is 9.38 Å². The summed E-state index contributed by atoms with van der Waals surface area (Å²) in [6.45, 7) is 0. The standard InChI is InChI=1S/C9H6N2/c1-2-8-9-5-3-4-6-11(9)7-10-8/h1,3-7H. The maximum absolute atomic E-state index is 5.23. The Bertz CT molecular complexity index is 420. The molecule has 2 rings (SSSR count). The van der Waals surface area contributed by atoms with Crippen molar-refractivity contribution < 1.29 is 0 Å². The summed E-state index contributed by atoms with van der Waals surface area (Å²) in [6.07, 6.45) is 8.87. The summed E-state index contributed by atoms with van der Waals surface area (Å²) in [5.41, 5.74) is 1.68. The zero-order valence-corrected chi connectivity index (χ0v) is 5.86. The lowest BCUT2D eigenvalue weighted by Gasteiger charge is -1.89. The molecule has 2 aromatic rings. The zero-order valence-electron chi connectivity index (χ0n) is 5.86. The van der Waals surface area contributed by atoms with Gasteiger partial charge < -0.3 is 4.40 Å². The highest BCUT2D eigenvalue weighted by atomic mass is 15.0. The van der Waals surface area contributed by atoms with Crippen LogP contribution in [0.4, 0.5) is 0 Å². The van der Waals surface area contributed by atoms with Crippen LogP contribution in [-0.2, 0) is 0 Å². The monoisotopic (exact) mass is 142 g/mol. The molecule has 0 aromatic carbocycles. The Hall–Kier alpha value is -1.75. The molecule has 0 radical (unpaired) electrons. The van der Waals surface area contributed by atoms with Crippen molar-refractivity contribution in [3.05, 3.63) is 36.4 Å². The van der Waals surface area contributed by atoms with Crippen molar-refractivity contribution in [1.82, 2.24) is 9.38 Å². The van der Waals surface area contributed by atoms with E-state index in [0.717, 1.165) is 5.52 Å². The third-order valence-corrected chi connectivity index (χ3v) is 1.58. The fourth-order valence-electron chi connectivity index (χ4n) is 1.05. The maximum atomic E-state index is 5.23. The molecule has 11 heavy (non-hydrogen) atoms. The lowest BCUT2D eigenvalue weighted by molar-refractivity contribution is 1.15.